The second-order valence-electron chi connectivity index (χ2n) is 7.37. The number of benzene rings is 2. The van der Waals surface area contributed by atoms with Gasteiger partial charge in [0.1, 0.15) is 0 Å². The molecule has 0 radical (unpaired) electrons. The summed E-state index contributed by atoms with van der Waals surface area (Å²) in [6.45, 7) is 9.08. The van der Waals surface area contributed by atoms with Crippen molar-refractivity contribution in [2.24, 2.45) is 5.92 Å². The molecule has 1 saturated heterocycles. The van der Waals surface area contributed by atoms with Crippen LogP contribution in [0.2, 0.25) is 5.02 Å². The fourth-order valence-corrected chi connectivity index (χ4v) is 4.62. The highest BCUT2D eigenvalue weighted by Crippen LogP contribution is 2.38. The standard InChI is InChI=1S/C22H29ClN2S/c1-17(2)7-12-21(25-15-13-24-14-16-25)20-5-3-4-6-22(20)26-19-10-8-18(23)9-11-19/h3-6,8-11,17,21,24H,7,12-16H2,1-2H3/t21-/m1/s1. The molecule has 0 bridgehead atoms. The van der Waals surface area contributed by atoms with Crippen LogP contribution in [-0.2, 0) is 0 Å². The van der Waals surface area contributed by atoms with E-state index < -0.39 is 0 Å². The first-order valence-electron chi connectivity index (χ1n) is 9.60. The first-order chi connectivity index (χ1) is 12.6. The van der Waals surface area contributed by atoms with E-state index >= 15 is 0 Å². The van der Waals surface area contributed by atoms with Gasteiger partial charge in [-0.15, -0.1) is 0 Å². The van der Waals surface area contributed by atoms with Crippen LogP contribution in [0.25, 0.3) is 0 Å². The monoisotopic (exact) mass is 388 g/mol. The van der Waals surface area contributed by atoms with E-state index in [0.717, 1.165) is 37.1 Å². The zero-order valence-electron chi connectivity index (χ0n) is 15.7. The van der Waals surface area contributed by atoms with Crippen LogP contribution in [-0.4, -0.2) is 31.1 Å². The van der Waals surface area contributed by atoms with Gasteiger partial charge in [-0.25, -0.2) is 0 Å². The molecular formula is C22H29ClN2S. The Morgan fingerprint density at radius 2 is 1.69 bits per heavy atom. The Morgan fingerprint density at radius 3 is 2.38 bits per heavy atom. The van der Waals surface area contributed by atoms with Crippen molar-refractivity contribution >= 4 is 23.4 Å². The Hall–Kier alpha value is -1.00. The van der Waals surface area contributed by atoms with Crippen LogP contribution in [0.5, 0.6) is 0 Å². The van der Waals surface area contributed by atoms with Crippen LogP contribution in [0.15, 0.2) is 58.3 Å². The van der Waals surface area contributed by atoms with Crippen molar-refractivity contribution in [3.05, 3.63) is 59.1 Å². The van der Waals surface area contributed by atoms with Gasteiger partial charge in [0.2, 0.25) is 0 Å². The third kappa shape index (κ3) is 5.50. The van der Waals surface area contributed by atoms with Crippen molar-refractivity contribution in [3.63, 3.8) is 0 Å². The van der Waals surface area contributed by atoms with Gasteiger partial charge in [0.05, 0.1) is 0 Å². The topological polar surface area (TPSA) is 15.3 Å². The van der Waals surface area contributed by atoms with Crippen molar-refractivity contribution in [1.82, 2.24) is 10.2 Å². The minimum atomic E-state index is 0.496. The number of halogens is 1. The number of nitrogens with zero attached hydrogens (tertiary/aromatic N) is 1. The summed E-state index contributed by atoms with van der Waals surface area (Å²) in [6, 6.07) is 17.6. The summed E-state index contributed by atoms with van der Waals surface area (Å²) in [5.74, 6) is 0.733. The summed E-state index contributed by atoms with van der Waals surface area (Å²) >= 11 is 7.90. The minimum absolute atomic E-state index is 0.496. The Bertz CT molecular complexity index is 681. The van der Waals surface area contributed by atoms with Gasteiger partial charge in [0, 0.05) is 47.0 Å². The predicted octanol–water partition coefficient (Wildman–Crippen LogP) is 5.87. The van der Waals surface area contributed by atoms with E-state index in [1.54, 1.807) is 0 Å². The van der Waals surface area contributed by atoms with Crippen LogP contribution in [0.4, 0.5) is 0 Å². The molecule has 0 aromatic heterocycles. The zero-order valence-corrected chi connectivity index (χ0v) is 17.3. The fourth-order valence-electron chi connectivity index (χ4n) is 3.50. The van der Waals surface area contributed by atoms with Gasteiger partial charge in [-0.1, -0.05) is 55.4 Å². The average molecular weight is 389 g/mol. The predicted molar refractivity (Wildman–Crippen MR) is 113 cm³/mol. The van der Waals surface area contributed by atoms with Crippen molar-refractivity contribution in [2.75, 3.05) is 26.2 Å². The number of piperazine rings is 1. The number of hydrogen-bond donors (Lipinski definition) is 1. The smallest absolute Gasteiger partial charge is 0.0406 e. The van der Waals surface area contributed by atoms with Crippen LogP contribution in [0.3, 0.4) is 0 Å². The third-order valence-corrected chi connectivity index (χ3v) is 6.28. The number of nitrogens with one attached hydrogen (secondary N) is 1. The van der Waals surface area contributed by atoms with Gasteiger partial charge in [-0.05, 0) is 54.7 Å². The summed E-state index contributed by atoms with van der Waals surface area (Å²) in [4.78, 5) is 5.27. The van der Waals surface area contributed by atoms with Gasteiger partial charge in [-0.3, -0.25) is 4.90 Å². The van der Waals surface area contributed by atoms with Gasteiger partial charge in [0.25, 0.3) is 0 Å². The lowest BCUT2D eigenvalue weighted by Crippen LogP contribution is -2.45. The van der Waals surface area contributed by atoms with Gasteiger partial charge in [0.15, 0.2) is 0 Å². The molecule has 26 heavy (non-hydrogen) atoms. The molecule has 0 amide bonds. The quantitative estimate of drug-likeness (QED) is 0.638. The summed E-state index contributed by atoms with van der Waals surface area (Å²) in [5, 5.41) is 4.28. The van der Waals surface area contributed by atoms with Crippen LogP contribution < -0.4 is 5.32 Å². The van der Waals surface area contributed by atoms with Gasteiger partial charge >= 0.3 is 0 Å². The summed E-state index contributed by atoms with van der Waals surface area (Å²) in [5.41, 5.74) is 1.47. The molecule has 1 atom stereocenters. The molecule has 1 aliphatic rings. The molecule has 1 N–H and O–H groups in total. The molecule has 0 unspecified atom stereocenters. The molecule has 0 saturated carbocycles. The lowest BCUT2D eigenvalue weighted by atomic mass is 9.95. The maximum atomic E-state index is 6.05. The van der Waals surface area contributed by atoms with Crippen molar-refractivity contribution in [3.8, 4) is 0 Å². The normalized spacial score (nSPS) is 16.8. The second-order valence-corrected chi connectivity index (χ2v) is 8.92. The van der Waals surface area contributed by atoms with Crippen molar-refractivity contribution in [1.29, 1.82) is 0 Å². The molecule has 140 valence electrons. The van der Waals surface area contributed by atoms with Crippen molar-refractivity contribution in [2.45, 2.75) is 42.5 Å². The Labute approximate surface area is 167 Å². The maximum Gasteiger partial charge on any atom is 0.0406 e. The molecule has 0 spiro atoms. The average Bonchev–Trinajstić information content (AvgIpc) is 2.66. The van der Waals surface area contributed by atoms with Crippen LogP contribution >= 0.6 is 23.4 Å². The molecule has 2 nitrogen and oxygen atoms in total. The number of hydrogen-bond acceptors (Lipinski definition) is 3. The van der Waals surface area contributed by atoms with E-state index in [1.807, 2.05) is 23.9 Å². The second kappa shape index (κ2) is 9.80. The van der Waals surface area contributed by atoms with Crippen LogP contribution in [0, 0.1) is 5.92 Å². The molecule has 1 heterocycles. The largest absolute Gasteiger partial charge is 0.314 e. The van der Waals surface area contributed by atoms with E-state index in [2.05, 4.69) is 60.5 Å². The van der Waals surface area contributed by atoms with Gasteiger partial charge in [-0.2, -0.15) is 0 Å². The Balaban J connectivity index is 1.86. The minimum Gasteiger partial charge on any atom is -0.314 e. The molecular weight excluding hydrogens is 360 g/mol. The Kier molecular flexibility index (Phi) is 7.44. The van der Waals surface area contributed by atoms with E-state index in [9.17, 15) is 0 Å². The lowest BCUT2D eigenvalue weighted by Gasteiger charge is -2.36. The molecule has 1 aliphatic heterocycles. The highest BCUT2D eigenvalue weighted by Gasteiger charge is 2.24. The van der Waals surface area contributed by atoms with E-state index in [4.69, 9.17) is 11.6 Å². The summed E-state index contributed by atoms with van der Waals surface area (Å²) in [6.07, 6.45) is 2.48. The summed E-state index contributed by atoms with van der Waals surface area (Å²) < 4.78 is 0. The maximum absolute atomic E-state index is 6.05. The summed E-state index contributed by atoms with van der Waals surface area (Å²) in [7, 11) is 0. The number of rotatable bonds is 7. The molecule has 1 fully saturated rings. The highest BCUT2D eigenvalue weighted by atomic mass is 35.5. The molecule has 2 aromatic rings. The van der Waals surface area contributed by atoms with E-state index in [1.165, 1.54) is 28.2 Å². The highest BCUT2D eigenvalue weighted by molar-refractivity contribution is 7.99. The zero-order chi connectivity index (χ0) is 18.4. The third-order valence-electron chi connectivity index (χ3n) is 4.93. The molecule has 2 aromatic carbocycles. The molecule has 0 aliphatic carbocycles. The Morgan fingerprint density at radius 1 is 1.00 bits per heavy atom. The van der Waals surface area contributed by atoms with Crippen molar-refractivity contribution < 1.29 is 0 Å². The van der Waals surface area contributed by atoms with Gasteiger partial charge < -0.3 is 5.32 Å². The lowest BCUT2D eigenvalue weighted by molar-refractivity contribution is 0.158. The first kappa shape index (κ1) is 19.8. The van der Waals surface area contributed by atoms with E-state index in [-0.39, 0.29) is 0 Å². The van der Waals surface area contributed by atoms with Crippen LogP contribution in [0.1, 0.15) is 38.3 Å². The first-order valence-corrected chi connectivity index (χ1v) is 10.8. The fraction of sp³-hybridized carbons (Fsp3) is 0.455. The van der Waals surface area contributed by atoms with E-state index in [0.29, 0.717) is 6.04 Å². The molecule has 4 heteroatoms. The SMILES string of the molecule is CC(C)CC[C@H](c1ccccc1Sc1ccc(Cl)cc1)N1CCNCC1. The molecule has 3 rings (SSSR count).